The van der Waals surface area contributed by atoms with Gasteiger partial charge in [0, 0.05) is 20.3 Å². The van der Waals surface area contributed by atoms with E-state index in [1.165, 1.54) is 0 Å². The van der Waals surface area contributed by atoms with E-state index in [-0.39, 0.29) is 5.91 Å². The molecule has 0 spiro atoms. The summed E-state index contributed by atoms with van der Waals surface area (Å²) in [4.78, 5) is 12.1. The highest BCUT2D eigenvalue weighted by Gasteiger charge is 2.09. The van der Waals surface area contributed by atoms with E-state index in [4.69, 9.17) is 5.73 Å². The zero-order valence-corrected chi connectivity index (χ0v) is 14.4. The monoisotopic (exact) mass is 444 g/mol. The van der Waals surface area contributed by atoms with Crippen LogP contribution in [0.4, 0.5) is 5.69 Å². The molecule has 5 heteroatoms. The topological polar surface area (TPSA) is 55.1 Å². The highest BCUT2D eigenvalue weighted by atomic mass is 127. The molecule has 3 N–H and O–H groups in total. The van der Waals surface area contributed by atoms with Gasteiger partial charge in [-0.1, -0.05) is 28.1 Å². The van der Waals surface area contributed by atoms with Crippen molar-refractivity contribution in [2.45, 2.75) is 6.42 Å². The van der Waals surface area contributed by atoms with E-state index in [2.05, 4.69) is 43.8 Å². The van der Waals surface area contributed by atoms with Gasteiger partial charge in [-0.3, -0.25) is 4.79 Å². The van der Waals surface area contributed by atoms with Crippen LogP contribution in [0.5, 0.6) is 0 Å². The molecule has 2 aromatic carbocycles. The largest absolute Gasteiger partial charge is 0.399 e. The zero-order valence-electron chi connectivity index (χ0n) is 10.7. The molecule has 0 saturated heterocycles. The van der Waals surface area contributed by atoms with Crippen LogP contribution in [-0.2, 0) is 6.42 Å². The zero-order chi connectivity index (χ0) is 14.5. The minimum atomic E-state index is -0.0499. The maximum Gasteiger partial charge on any atom is 0.252 e. The molecule has 20 heavy (non-hydrogen) atoms. The first kappa shape index (κ1) is 15.3. The number of nitrogens with two attached hydrogens (primary N) is 1. The van der Waals surface area contributed by atoms with Crippen molar-refractivity contribution in [3.05, 3.63) is 61.6 Å². The fourth-order valence-corrected chi connectivity index (χ4v) is 2.71. The standard InChI is InChI=1S/C15H14BrIN2O/c16-11-3-6-14(17)13(9-11)15(20)19-8-7-10-1-4-12(18)5-2-10/h1-6,9H,7-8,18H2,(H,19,20). The van der Waals surface area contributed by atoms with Crippen LogP contribution in [0, 0.1) is 3.57 Å². The van der Waals surface area contributed by atoms with Crippen LogP contribution in [0.25, 0.3) is 0 Å². The Morgan fingerprint density at radius 3 is 2.60 bits per heavy atom. The molecule has 1 amide bonds. The number of hydrogen-bond donors (Lipinski definition) is 2. The van der Waals surface area contributed by atoms with Gasteiger partial charge in [-0.05, 0) is 64.9 Å². The first-order valence-corrected chi connectivity index (χ1v) is 8.01. The maximum absolute atomic E-state index is 12.1. The Balaban J connectivity index is 1.92. The van der Waals surface area contributed by atoms with E-state index in [1.807, 2.05) is 42.5 Å². The average Bonchev–Trinajstić information content (AvgIpc) is 2.43. The predicted molar refractivity (Wildman–Crippen MR) is 93.8 cm³/mol. The summed E-state index contributed by atoms with van der Waals surface area (Å²) in [7, 11) is 0. The van der Waals surface area contributed by atoms with Crippen LogP contribution in [0.1, 0.15) is 15.9 Å². The third-order valence-electron chi connectivity index (χ3n) is 2.85. The van der Waals surface area contributed by atoms with Gasteiger partial charge in [0.05, 0.1) is 5.56 Å². The fraction of sp³-hybridized carbons (Fsp3) is 0.133. The second kappa shape index (κ2) is 7.08. The second-order valence-electron chi connectivity index (χ2n) is 4.37. The minimum absolute atomic E-state index is 0.0499. The van der Waals surface area contributed by atoms with Crippen LogP contribution < -0.4 is 11.1 Å². The molecule has 2 rings (SSSR count). The molecule has 0 aliphatic heterocycles. The van der Waals surface area contributed by atoms with Crippen LogP contribution in [-0.4, -0.2) is 12.5 Å². The van der Waals surface area contributed by atoms with Gasteiger partial charge in [0.25, 0.3) is 5.91 Å². The Hall–Kier alpha value is -1.08. The molecule has 0 saturated carbocycles. The molecular formula is C15H14BrIN2O. The van der Waals surface area contributed by atoms with E-state index in [0.29, 0.717) is 12.1 Å². The molecule has 3 nitrogen and oxygen atoms in total. The lowest BCUT2D eigenvalue weighted by Crippen LogP contribution is -2.26. The van der Waals surface area contributed by atoms with E-state index in [1.54, 1.807) is 0 Å². The maximum atomic E-state index is 12.1. The summed E-state index contributed by atoms with van der Waals surface area (Å²) >= 11 is 5.54. The highest BCUT2D eigenvalue weighted by Crippen LogP contribution is 2.18. The van der Waals surface area contributed by atoms with Crippen molar-refractivity contribution in [2.24, 2.45) is 0 Å². The summed E-state index contributed by atoms with van der Waals surface area (Å²) in [5.74, 6) is -0.0499. The number of carbonyl (C=O) groups is 1. The quantitative estimate of drug-likeness (QED) is 0.559. The number of nitrogens with one attached hydrogen (secondary N) is 1. The Morgan fingerprint density at radius 2 is 1.90 bits per heavy atom. The van der Waals surface area contributed by atoms with Crippen molar-refractivity contribution in [1.29, 1.82) is 0 Å². The number of hydrogen-bond acceptors (Lipinski definition) is 2. The molecule has 0 radical (unpaired) electrons. The van der Waals surface area contributed by atoms with E-state index < -0.39 is 0 Å². The third-order valence-corrected chi connectivity index (χ3v) is 4.29. The van der Waals surface area contributed by atoms with Gasteiger partial charge in [0.2, 0.25) is 0 Å². The molecule has 0 fully saturated rings. The normalized spacial score (nSPS) is 10.3. The van der Waals surface area contributed by atoms with Gasteiger partial charge in [0.1, 0.15) is 0 Å². The molecule has 0 aromatic heterocycles. The fourth-order valence-electron chi connectivity index (χ4n) is 1.77. The Bertz CT molecular complexity index is 614. The molecule has 0 atom stereocenters. The van der Waals surface area contributed by atoms with Crippen molar-refractivity contribution in [3.8, 4) is 0 Å². The molecule has 0 bridgehead atoms. The number of carbonyl (C=O) groups excluding carboxylic acids is 1. The van der Waals surface area contributed by atoms with Gasteiger partial charge in [-0.15, -0.1) is 0 Å². The predicted octanol–water partition coefficient (Wildman–Crippen LogP) is 3.61. The molecular weight excluding hydrogens is 431 g/mol. The van der Waals surface area contributed by atoms with E-state index in [9.17, 15) is 4.79 Å². The molecule has 104 valence electrons. The van der Waals surface area contributed by atoms with Crippen LogP contribution >= 0.6 is 38.5 Å². The van der Waals surface area contributed by atoms with Crippen molar-refractivity contribution >= 4 is 50.1 Å². The van der Waals surface area contributed by atoms with Crippen LogP contribution in [0.2, 0.25) is 0 Å². The van der Waals surface area contributed by atoms with Crippen molar-refractivity contribution in [2.75, 3.05) is 12.3 Å². The summed E-state index contributed by atoms with van der Waals surface area (Å²) in [5, 5.41) is 2.93. The molecule has 2 aromatic rings. The van der Waals surface area contributed by atoms with E-state index in [0.717, 1.165) is 25.7 Å². The average molecular weight is 445 g/mol. The summed E-state index contributed by atoms with van der Waals surface area (Å²) < 4.78 is 1.84. The van der Waals surface area contributed by atoms with Crippen molar-refractivity contribution < 1.29 is 4.79 Å². The first-order valence-electron chi connectivity index (χ1n) is 6.14. The van der Waals surface area contributed by atoms with Crippen molar-refractivity contribution in [1.82, 2.24) is 5.32 Å². The second-order valence-corrected chi connectivity index (χ2v) is 6.45. The van der Waals surface area contributed by atoms with Crippen LogP contribution in [0.15, 0.2) is 46.9 Å². The summed E-state index contributed by atoms with van der Waals surface area (Å²) in [5.41, 5.74) is 8.23. The number of amides is 1. The lowest BCUT2D eigenvalue weighted by Gasteiger charge is -2.08. The summed E-state index contributed by atoms with van der Waals surface area (Å²) in [6.45, 7) is 0.603. The summed E-state index contributed by atoms with van der Waals surface area (Å²) in [6.07, 6.45) is 0.788. The molecule has 0 aliphatic rings. The van der Waals surface area contributed by atoms with E-state index >= 15 is 0 Å². The highest BCUT2D eigenvalue weighted by molar-refractivity contribution is 14.1. The van der Waals surface area contributed by atoms with Gasteiger partial charge < -0.3 is 11.1 Å². The SMILES string of the molecule is Nc1ccc(CCNC(=O)c2cc(Br)ccc2I)cc1. The first-order chi connectivity index (χ1) is 9.56. The van der Waals surface area contributed by atoms with Gasteiger partial charge in [-0.2, -0.15) is 0 Å². The number of benzene rings is 2. The lowest BCUT2D eigenvalue weighted by molar-refractivity contribution is 0.0953. The smallest absolute Gasteiger partial charge is 0.252 e. The molecule has 0 heterocycles. The number of rotatable bonds is 4. The molecule has 0 unspecified atom stereocenters. The van der Waals surface area contributed by atoms with Crippen LogP contribution in [0.3, 0.4) is 0 Å². The Kier molecular flexibility index (Phi) is 5.42. The number of anilines is 1. The number of nitrogen functional groups attached to an aromatic ring is 1. The summed E-state index contributed by atoms with van der Waals surface area (Å²) in [6, 6.07) is 13.4. The Labute approximate surface area is 140 Å². The van der Waals surface area contributed by atoms with Crippen molar-refractivity contribution in [3.63, 3.8) is 0 Å². The lowest BCUT2D eigenvalue weighted by atomic mass is 10.1. The Morgan fingerprint density at radius 1 is 1.20 bits per heavy atom. The number of halogens is 2. The van der Waals surface area contributed by atoms with Gasteiger partial charge in [-0.25, -0.2) is 0 Å². The third kappa shape index (κ3) is 4.21. The van der Waals surface area contributed by atoms with Gasteiger partial charge in [0.15, 0.2) is 0 Å². The van der Waals surface area contributed by atoms with Gasteiger partial charge >= 0.3 is 0 Å². The minimum Gasteiger partial charge on any atom is -0.399 e. The molecule has 0 aliphatic carbocycles.